The largest absolute Gasteiger partial charge is 0.480 e. The molecular formula is C28H27N3O5. The number of nitrogens with one attached hydrogen (secondary N) is 2. The van der Waals surface area contributed by atoms with Gasteiger partial charge in [0.1, 0.15) is 12.1 Å². The number of aliphatic carboxylic acids is 1. The second-order valence-electron chi connectivity index (χ2n) is 8.70. The minimum Gasteiger partial charge on any atom is -0.480 e. The lowest BCUT2D eigenvalue weighted by Gasteiger charge is -2.35. The molecule has 3 aromatic rings. The SMILES string of the molecule is CC1C(=O)Nc2cc(C(=O)NC(Cc3ccccc3)C(=O)O)ccc2N1C(=O)CCc1ccccc1. The van der Waals surface area contributed by atoms with Crippen LogP contribution >= 0.6 is 0 Å². The molecule has 1 aliphatic heterocycles. The fraction of sp³-hybridized carbons (Fsp3) is 0.214. The molecule has 0 saturated carbocycles. The highest BCUT2D eigenvalue weighted by atomic mass is 16.4. The molecular weight excluding hydrogens is 458 g/mol. The summed E-state index contributed by atoms with van der Waals surface area (Å²) in [6.07, 6.45) is 0.895. The summed E-state index contributed by atoms with van der Waals surface area (Å²) < 4.78 is 0. The molecule has 2 atom stereocenters. The first kappa shape index (κ1) is 24.7. The van der Waals surface area contributed by atoms with Crippen LogP contribution in [0.2, 0.25) is 0 Å². The van der Waals surface area contributed by atoms with E-state index in [0.717, 1.165) is 11.1 Å². The van der Waals surface area contributed by atoms with Crippen molar-refractivity contribution in [2.24, 2.45) is 0 Å². The van der Waals surface area contributed by atoms with Gasteiger partial charge in [0.15, 0.2) is 0 Å². The molecule has 3 amide bonds. The lowest BCUT2D eigenvalue weighted by atomic mass is 10.0. The minimum absolute atomic E-state index is 0.130. The molecule has 8 heteroatoms. The van der Waals surface area contributed by atoms with E-state index in [-0.39, 0.29) is 30.2 Å². The van der Waals surface area contributed by atoms with Gasteiger partial charge in [-0.25, -0.2) is 4.79 Å². The third kappa shape index (κ3) is 5.60. The van der Waals surface area contributed by atoms with Gasteiger partial charge in [0.2, 0.25) is 11.8 Å². The molecule has 0 bridgehead atoms. The van der Waals surface area contributed by atoms with E-state index in [1.807, 2.05) is 36.4 Å². The van der Waals surface area contributed by atoms with E-state index in [1.54, 1.807) is 37.3 Å². The van der Waals surface area contributed by atoms with Crippen LogP contribution in [0.25, 0.3) is 0 Å². The van der Waals surface area contributed by atoms with Crippen LogP contribution in [0.4, 0.5) is 11.4 Å². The van der Waals surface area contributed by atoms with Crippen molar-refractivity contribution in [1.82, 2.24) is 5.32 Å². The van der Waals surface area contributed by atoms with Crippen LogP contribution in [0.1, 0.15) is 34.8 Å². The van der Waals surface area contributed by atoms with Gasteiger partial charge in [0, 0.05) is 18.4 Å². The maximum absolute atomic E-state index is 13.1. The van der Waals surface area contributed by atoms with Crippen LogP contribution in [-0.4, -0.2) is 40.9 Å². The number of aryl methyl sites for hydroxylation is 1. The Bertz CT molecular complexity index is 1280. The first-order valence-corrected chi connectivity index (χ1v) is 11.7. The van der Waals surface area contributed by atoms with Gasteiger partial charge in [-0.3, -0.25) is 19.3 Å². The summed E-state index contributed by atoms with van der Waals surface area (Å²) in [5, 5.41) is 14.9. The minimum atomic E-state index is -1.15. The van der Waals surface area contributed by atoms with Crippen LogP contribution < -0.4 is 15.5 Å². The molecule has 4 rings (SSSR count). The zero-order chi connectivity index (χ0) is 25.7. The second-order valence-corrected chi connectivity index (χ2v) is 8.70. The van der Waals surface area contributed by atoms with Crippen molar-refractivity contribution in [3.63, 3.8) is 0 Å². The summed E-state index contributed by atoms with van der Waals surface area (Å²) in [5.41, 5.74) is 2.81. The standard InChI is InChI=1S/C28H27N3O5/c1-18-26(33)29-22-17-21(27(34)30-23(28(35)36)16-20-10-6-3-7-11-20)13-14-24(22)31(18)25(32)15-12-19-8-4-2-5-9-19/h2-11,13-14,17-18,23H,12,15-16H2,1H3,(H,29,33)(H,30,34)(H,35,36). The zero-order valence-corrected chi connectivity index (χ0v) is 19.8. The van der Waals surface area contributed by atoms with E-state index in [2.05, 4.69) is 10.6 Å². The Hall–Kier alpha value is -4.46. The highest BCUT2D eigenvalue weighted by molar-refractivity contribution is 6.12. The maximum atomic E-state index is 13.1. The smallest absolute Gasteiger partial charge is 0.326 e. The van der Waals surface area contributed by atoms with E-state index in [1.165, 1.54) is 17.0 Å². The van der Waals surface area contributed by atoms with E-state index >= 15 is 0 Å². The lowest BCUT2D eigenvalue weighted by Crippen LogP contribution is -2.49. The van der Waals surface area contributed by atoms with Crippen LogP contribution in [-0.2, 0) is 27.2 Å². The summed E-state index contributed by atoms with van der Waals surface area (Å²) in [4.78, 5) is 51.8. The van der Waals surface area contributed by atoms with Crippen molar-refractivity contribution >= 4 is 35.1 Å². The van der Waals surface area contributed by atoms with Crippen LogP contribution in [0.3, 0.4) is 0 Å². The third-order valence-corrected chi connectivity index (χ3v) is 6.17. The summed E-state index contributed by atoms with van der Waals surface area (Å²) in [7, 11) is 0. The van der Waals surface area contributed by atoms with E-state index in [0.29, 0.717) is 17.8 Å². The Morgan fingerprint density at radius 2 is 1.61 bits per heavy atom. The number of benzene rings is 3. The molecule has 0 fully saturated rings. The van der Waals surface area contributed by atoms with E-state index in [9.17, 15) is 24.3 Å². The predicted octanol–water partition coefficient (Wildman–Crippen LogP) is 3.42. The van der Waals surface area contributed by atoms with Gasteiger partial charge in [-0.2, -0.15) is 0 Å². The molecule has 0 aromatic heterocycles. The van der Waals surface area contributed by atoms with Crippen LogP contribution in [0.5, 0.6) is 0 Å². The topological polar surface area (TPSA) is 116 Å². The number of carboxylic acids is 1. The molecule has 2 unspecified atom stereocenters. The Kier molecular flexibility index (Phi) is 7.44. The molecule has 1 aliphatic rings. The third-order valence-electron chi connectivity index (χ3n) is 6.17. The second kappa shape index (κ2) is 10.9. The maximum Gasteiger partial charge on any atom is 0.326 e. The monoisotopic (exact) mass is 485 g/mol. The summed E-state index contributed by atoms with van der Waals surface area (Å²) >= 11 is 0. The quantitative estimate of drug-likeness (QED) is 0.452. The van der Waals surface area contributed by atoms with Gasteiger partial charge in [-0.05, 0) is 42.7 Å². The predicted molar refractivity (Wildman–Crippen MR) is 136 cm³/mol. The van der Waals surface area contributed by atoms with Gasteiger partial charge in [0.25, 0.3) is 5.91 Å². The summed E-state index contributed by atoms with van der Waals surface area (Å²) in [6.45, 7) is 1.65. The van der Waals surface area contributed by atoms with Crippen molar-refractivity contribution in [3.8, 4) is 0 Å². The van der Waals surface area contributed by atoms with Crippen LogP contribution in [0, 0.1) is 0 Å². The number of fused-ring (bicyclic) bond motifs is 1. The van der Waals surface area contributed by atoms with Crippen molar-refractivity contribution < 1.29 is 24.3 Å². The van der Waals surface area contributed by atoms with Gasteiger partial charge >= 0.3 is 5.97 Å². The van der Waals surface area contributed by atoms with Gasteiger partial charge in [-0.15, -0.1) is 0 Å². The average Bonchev–Trinajstić information content (AvgIpc) is 2.88. The number of hydrogen-bond acceptors (Lipinski definition) is 4. The number of anilines is 2. The molecule has 36 heavy (non-hydrogen) atoms. The first-order valence-electron chi connectivity index (χ1n) is 11.7. The number of amides is 3. The number of rotatable bonds is 8. The Balaban J connectivity index is 1.51. The molecule has 0 saturated heterocycles. The number of carboxylic acid groups (broad SMARTS) is 1. The molecule has 1 heterocycles. The number of carbonyl (C=O) groups is 4. The number of carbonyl (C=O) groups excluding carboxylic acids is 3. The zero-order valence-electron chi connectivity index (χ0n) is 19.8. The normalized spacial score (nSPS) is 15.4. The molecule has 3 N–H and O–H groups in total. The Morgan fingerprint density at radius 3 is 2.25 bits per heavy atom. The molecule has 0 radical (unpaired) electrons. The van der Waals surface area contributed by atoms with Gasteiger partial charge in [-0.1, -0.05) is 60.7 Å². The van der Waals surface area contributed by atoms with Crippen molar-refractivity contribution in [2.45, 2.75) is 38.3 Å². The molecule has 184 valence electrons. The van der Waals surface area contributed by atoms with Gasteiger partial charge < -0.3 is 15.7 Å². The molecule has 8 nitrogen and oxygen atoms in total. The fourth-order valence-corrected chi connectivity index (χ4v) is 4.21. The summed E-state index contributed by atoms with van der Waals surface area (Å²) in [6, 6.07) is 21.4. The fourth-order valence-electron chi connectivity index (χ4n) is 4.21. The molecule has 0 spiro atoms. The average molecular weight is 486 g/mol. The number of nitrogens with zero attached hydrogens (tertiary/aromatic N) is 1. The van der Waals surface area contributed by atoms with Gasteiger partial charge in [0.05, 0.1) is 11.4 Å². The highest BCUT2D eigenvalue weighted by Gasteiger charge is 2.34. The van der Waals surface area contributed by atoms with E-state index in [4.69, 9.17) is 0 Å². The Labute approximate surface area is 208 Å². The Morgan fingerprint density at radius 1 is 0.972 bits per heavy atom. The first-order chi connectivity index (χ1) is 17.3. The van der Waals surface area contributed by atoms with Crippen molar-refractivity contribution in [3.05, 3.63) is 95.6 Å². The number of hydrogen-bond donors (Lipinski definition) is 3. The molecule has 0 aliphatic carbocycles. The lowest BCUT2D eigenvalue weighted by molar-refractivity contribution is -0.139. The summed E-state index contributed by atoms with van der Waals surface area (Å²) in [5.74, 6) is -2.30. The van der Waals surface area contributed by atoms with Crippen molar-refractivity contribution in [1.29, 1.82) is 0 Å². The van der Waals surface area contributed by atoms with Crippen molar-refractivity contribution in [2.75, 3.05) is 10.2 Å². The van der Waals surface area contributed by atoms with E-state index < -0.39 is 24.0 Å². The highest BCUT2D eigenvalue weighted by Crippen LogP contribution is 2.33. The van der Waals surface area contributed by atoms with Crippen LogP contribution in [0.15, 0.2) is 78.9 Å². The molecule has 3 aromatic carbocycles.